The molecule has 0 saturated carbocycles. The highest BCUT2D eigenvalue weighted by Crippen LogP contribution is 2.28. The molecule has 1 aromatic rings. The van der Waals surface area contributed by atoms with E-state index in [2.05, 4.69) is 50.6 Å². The molecule has 3 nitrogen and oxygen atoms in total. The Bertz CT molecular complexity index is 388. The Kier molecular flexibility index (Phi) is 5.48. The molecule has 1 aliphatic rings. The van der Waals surface area contributed by atoms with Gasteiger partial charge in [0.05, 0.1) is 0 Å². The van der Waals surface area contributed by atoms with Crippen molar-refractivity contribution in [3.05, 3.63) is 28.5 Å². The topological polar surface area (TPSA) is 42.1 Å². The van der Waals surface area contributed by atoms with Gasteiger partial charge in [0, 0.05) is 53.5 Å². The van der Waals surface area contributed by atoms with E-state index in [4.69, 9.17) is 5.73 Å². The van der Waals surface area contributed by atoms with Gasteiger partial charge in [-0.05, 0) is 34.0 Å². The zero-order chi connectivity index (χ0) is 13.0. The van der Waals surface area contributed by atoms with Crippen LogP contribution >= 0.6 is 27.7 Å². The van der Waals surface area contributed by atoms with E-state index in [1.165, 1.54) is 17.7 Å². The molecule has 2 atom stereocenters. The summed E-state index contributed by atoms with van der Waals surface area (Å²) in [7, 11) is 0. The predicted molar refractivity (Wildman–Crippen MR) is 81.8 cm³/mol. The Hall–Kier alpha value is -0.100. The molecule has 1 fully saturated rings. The number of hydrogen-bond acceptors (Lipinski definition) is 4. The van der Waals surface area contributed by atoms with E-state index in [0.717, 1.165) is 22.8 Å². The molecule has 2 heterocycles. The number of nitrogens with two attached hydrogens (primary N) is 1. The van der Waals surface area contributed by atoms with Gasteiger partial charge in [-0.2, -0.15) is 11.8 Å². The molecule has 0 aliphatic carbocycles. The molecule has 0 amide bonds. The van der Waals surface area contributed by atoms with Gasteiger partial charge in [0.25, 0.3) is 0 Å². The van der Waals surface area contributed by atoms with Crippen LogP contribution in [0.5, 0.6) is 0 Å². The fourth-order valence-corrected chi connectivity index (χ4v) is 3.97. The molecule has 5 heteroatoms. The Morgan fingerprint density at radius 1 is 1.61 bits per heavy atom. The fourth-order valence-electron chi connectivity index (χ4n) is 2.38. The molecule has 1 aromatic heterocycles. The molecule has 0 radical (unpaired) electrons. The van der Waals surface area contributed by atoms with Crippen LogP contribution in [0.15, 0.2) is 22.9 Å². The quantitative estimate of drug-likeness (QED) is 0.922. The lowest BCUT2D eigenvalue weighted by Crippen LogP contribution is -2.42. The maximum absolute atomic E-state index is 5.98. The molecule has 0 bridgehead atoms. The van der Waals surface area contributed by atoms with E-state index in [-0.39, 0.29) is 0 Å². The summed E-state index contributed by atoms with van der Waals surface area (Å²) >= 11 is 5.57. The van der Waals surface area contributed by atoms with Crippen molar-refractivity contribution in [1.82, 2.24) is 9.88 Å². The number of nitrogens with zero attached hydrogens (tertiary/aromatic N) is 2. The molecule has 100 valence electrons. The van der Waals surface area contributed by atoms with Crippen LogP contribution in [0.2, 0.25) is 0 Å². The monoisotopic (exact) mass is 329 g/mol. The second-order valence-corrected chi connectivity index (χ2v) is 6.91. The summed E-state index contributed by atoms with van der Waals surface area (Å²) in [6.45, 7) is 5.17. The maximum Gasteiger partial charge on any atom is 0.0486 e. The van der Waals surface area contributed by atoms with Gasteiger partial charge in [-0.25, -0.2) is 0 Å². The molecular formula is C13H20BrN3S. The molecular weight excluding hydrogens is 310 g/mol. The van der Waals surface area contributed by atoms with Crippen molar-refractivity contribution in [3.8, 4) is 0 Å². The lowest BCUT2D eigenvalue weighted by molar-refractivity contribution is 0.207. The fraction of sp³-hybridized carbons (Fsp3) is 0.615. The lowest BCUT2D eigenvalue weighted by Gasteiger charge is -2.37. The van der Waals surface area contributed by atoms with Gasteiger partial charge in [0.15, 0.2) is 0 Å². The highest BCUT2D eigenvalue weighted by molar-refractivity contribution is 9.10. The smallest absolute Gasteiger partial charge is 0.0486 e. The molecule has 0 spiro atoms. The van der Waals surface area contributed by atoms with E-state index in [9.17, 15) is 0 Å². The highest BCUT2D eigenvalue weighted by atomic mass is 79.9. The first-order valence-corrected chi connectivity index (χ1v) is 8.25. The van der Waals surface area contributed by atoms with Gasteiger partial charge >= 0.3 is 0 Å². The summed E-state index contributed by atoms with van der Waals surface area (Å²) in [5.41, 5.74) is 7.20. The molecule has 2 N–H and O–H groups in total. The van der Waals surface area contributed by atoms with Gasteiger partial charge in [-0.3, -0.25) is 9.88 Å². The van der Waals surface area contributed by atoms with Crippen LogP contribution in [-0.4, -0.2) is 40.5 Å². The van der Waals surface area contributed by atoms with E-state index in [0.29, 0.717) is 12.6 Å². The van der Waals surface area contributed by atoms with Crippen LogP contribution in [0.1, 0.15) is 24.9 Å². The first-order chi connectivity index (χ1) is 8.74. The average Bonchev–Trinajstić information content (AvgIpc) is 2.40. The molecule has 2 rings (SSSR count). The van der Waals surface area contributed by atoms with E-state index in [1.807, 2.05) is 12.4 Å². The van der Waals surface area contributed by atoms with Crippen molar-refractivity contribution in [2.24, 2.45) is 5.73 Å². The van der Waals surface area contributed by atoms with Crippen LogP contribution in [0.3, 0.4) is 0 Å². The number of halogens is 1. The number of aromatic nitrogens is 1. The van der Waals surface area contributed by atoms with Gasteiger partial charge in [0.2, 0.25) is 0 Å². The summed E-state index contributed by atoms with van der Waals surface area (Å²) in [4.78, 5) is 6.76. The van der Waals surface area contributed by atoms with Crippen LogP contribution in [0.25, 0.3) is 0 Å². The van der Waals surface area contributed by atoms with E-state index in [1.54, 1.807) is 0 Å². The summed E-state index contributed by atoms with van der Waals surface area (Å²) < 4.78 is 1.02. The van der Waals surface area contributed by atoms with Gasteiger partial charge in [0.1, 0.15) is 0 Å². The Morgan fingerprint density at radius 2 is 2.44 bits per heavy atom. The van der Waals surface area contributed by atoms with Crippen molar-refractivity contribution in [1.29, 1.82) is 0 Å². The van der Waals surface area contributed by atoms with Gasteiger partial charge in [-0.1, -0.05) is 6.92 Å². The largest absolute Gasteiger partial charge is 0.329 e. The molecule has 1 aliphatic heterocycles. The number of hydrogen-bond donors (Lipinski definition) is 1. The average molecular weight is 330 g/mol. The molecule has 1 saturated heterocycles. The lowest BCUT2D eigenvalue weighted by atomic mass is 10.1. The molecule has 2 unspecified atom stereocenters. The zero-order valence-electron chi connectivity index (χ0n) is 10.7. The third-order valence-electron chi connectivity index (χ3n) is 3.40. The van der Waals surface area contributed by atoms with Crippen molar-refractivity contribution in [3.63, 3.8) is 0 Å². The normalized spacial score (nSPS) is 22.9. The van der Waals surface area contributed by atoms with Gasteiger partial charge < -0.3 is 5.73 Å². The minimum absolute atomic E-state index is 0.296. The maximum atomic E-state index is 5.98. The minimum Gasteiger partial charge on any atom is -0.329 e. The standard InChI is InChI=1S/C13H20BrN3S/c1-2-12-9-17(3-4-18-12)13(6-15)10-5-11(14)8-16-7-10/h5,7-8,12-13H,2-4,6,9,15H2,1H3. The van der Waals surface area contributed by atoms with E-state index < -0.39 is 0 Å². The summed E-state index contributed by atoms with van der Waals surface area (Å²) in [5, 5.41) is 0.743. The molecule has 18 heavy (non-hydrogen) atoms. The number of thioether (sulfide) groups is 1. The van der Waals surface area contributed by atoms with Crippen LogP contribution in [0, 0.1) is 0 Å². The highest BCUT2D eigenvalue weighted by Gasteiger charge is 2.25. The number of rotatable bonds is 4. The molecule has 0 aromatic carbocycles. The first kappa shape index (κ1) is 14.3. The third kappa shape index (κ3) is 3.47. The van der Waals surface area contributed by atoms with Crippen LogP contribution < -0.4 is 5.73 Å². The van der Waals surface area contributed by atoms with Crippen LogP contribution in [-0.2, 0) is 0 Å². The van der Waals surface area contributed by atoms with Crippen molar-refractivity contribution in [2.75, 3.05) is 25.4 Å². The SMILES string of the molecule is CCC1CN(C(CN)c2cncc(Br)c2)CCS1. The first-order valence-electron chi connectivity index (χ1n) is 6.40. The minimum atomic E-state index is 0.296. The summed E-state index contributed by atoms with van der Waals surface area (Å²) in [5.74, 6) is 1.20. The van der Waals surface area contributed by atoms with Crippen molar-refractivity contribution in [2.45, 2.75) is 24.6 Å². The predicted octanol–water partition coefficient (Wildman–Crippen LogP) is 2.67. The van der Waals surface area contributed by atoms with Crippen LogP contribution in [0.4, 0.5) is 0 Å². The van der Waals surface area contributed by atoms with E-state index >= 15 is 0 Å². The summed E-state index contributed by atoms with van der Waals surface area (Å²) in [6.07, 6.45) is 4.98. The summed E-state index contributed by atoms with van der Waals surface area (Å²) in [6, 6.07) is 2.43. The van der Waals surface area contributed by atoms with Crippen molar-refractivity contribution >= 4 is 27.7 Å². The Morgan fingerprint density at radius 3 is 3.11 bits per heavy atom. The van der Waals surface area contributed by atoms with Crippen molar-refractivity contribution < 1.29 is 0 Å². The second-order valence-electron chi connectivity index (χ2n) is 4.58. The second kappa shape index (κ2) is 6.89. The number of pyridine rings is 1. The Balaban J connectivity index is 2.12. The van der Waals surface area contributed by atoms with Gasteiger partial charge in [-0.15, -0.1) is 0 Å². The zero-order valence-corrected chi connectivity index (χ0v) is 13.1. The third-order valence-corrected chi connectivity index (χ3v) is 5.21. The Labute approximate surface area is 122 Å².